The van der Waals surface area contributed by atoms with E-state index in [1.165, 1.54) is 4.90 Å². The van der Waals surface area contributed by atoms with E-state index < -0.39 is 11.5 Å². The zero-order valence-corrected chi connectivity index (χ0v) is 12.6. The topological polar surface area (TPSA) is 60.9 Å². The van der Waals surface area contributed by atoms with Crippen molar-refractivity contribution in [3.8, 4) is 0 Å². The molecule has 0 bridgehead atoms. The third-order valence-corrected chi connectivity index (χ3v) is 4.29. The maximum Gasteiger partial charge on any atom is 0.329 e. The molecule has 1 aliphatic rings. The van der Waals surface area contributed by atoms with Crippen molar-refractivity contribution in [2.75, 3.05) is 13.6 Å². The number of carbonyl (C=O) groups excluding carboxylic acids is 1. The largest absolute Gasteiger partial charge is 0.479 e. The lowest BCUT2D eigenvalue weighted by Crippen LogP contribution is -2.55. The van der Waals surface area contributed by atoms with Crippen LogP contribution in [0.15, 0.2) is 30.3 Å². The minimum Gasteiger partial charge on any atom is -0.479 e. The van der Waals surface area contributed by atoms with Gasteiger partial charge in [-0.05, 0) is 24.8 Å². The highest BCUT2D eigenvalue weighted by atomic mass is 16.4. The van der Waals surface area contributed by atoms with Gasteiger partial charge in [0.25, 0.3) is 0 Å². The van der Waals surface area contributed by atoms with E-state index in [0.29, 0.717) is 25.9 Å². The SMILES string of the molecule is CCC1(C(=O)O)CCCN1C(=O)N(C)Cc1ccccc1. The fourth-order valence-electron chi connectivity index (χ4n) is 3.03. The average molecular weight is 290 g/mol. The second-order valence-electron chi connectivity index (χ2n) is 5.57. The molecule has 2 rings (SSSR count). The van der Waals surface area contributed by atoms with Crippen LogP contribution in [0.3, 0.4) is 0 Å². The smallest absolute Gasteiger partial charge is 0.329 e. The third kappa shape index (κ3) is 2.86. The molecule has 1 unspecified atom stereocenters. The lowest BCUT2D eigenvalue weighted by Gasteiger charge is -2.36. The first kappa shape index (κ1) is 15.4. The van der Waals surface area contributed by atoms with Crippen molar-refractivity contribution < 1.29 is 14.7 Å². The van der Waals surface area contributed by atoms with Gasteiger partial charge in [0.2, 0.25) is 0 Å². The zero-order valence-electron chi connectivity index (χ0n) is 12.6. The Morgan fingerprint density at radius 3 is 2.57 bits per heavy atom. The molecule has 1 atom stereocenters. The fraction of sp³-hybridized carbons (Fsp3) is 0.500. The molecule has 1 N–H and O–H groups in total. The number of likely N-dealkylation sites (tertiary alicyclic amines) is 1. The maximum atomic E-state index is 12.6. The van der Waals surface area contributed by atoms with Gasteiger partial charge in [0.15, 0.2) is 0 Å². The Kier molecular flexibility index (Phi) is 4.50. The van der Waals surface area contributed by atoms with E-state index in [1.54, 1.807) is 11.9 Å². The molecule has 21 heavy (non-hydrogen) atoms. The molecule has 0 spiro atoms. The molecule has 1 aromatic carbocycles. The summed E-state index contributed by atoms with van der Waals surface area (Å²) in [5, 5.41) is 9.54. The Morgan fingerprint density at radius 2 is 2.00 bits per heavy atom. The number of hydrogen-bond acceptors (Lipinski definition) is 2. The van der Waals surface area contributed by atoms with Crippen LogP contribution in [0.25, 0.3) is 0 Å². The number of nitrogens with zero attached hydrogens (tertiary/aromatic N) is 2. The first-order chi connectivity index (χ1) is 10.0. The molecule has 0 aliphatic carbocycles. The normalized spacial score (nSPS) is 21.3. The second kappa shape index (κ2) is 6.16. The molecule has 0 aromatic heterocycles. The van der Waals surface area contributed by atoms with Crippen molar-refractivity contribution in [2.24, 2.45) is 0 Å². The molecule has 0 saturated carbocycles. The fourth-order valence-corrected chi connectivity index (χ4v) is 3.03. The van der Waals surface area contributed by atoms with Gasteiger partial charge in [0, 0.05) is 20.1 Å². The van der Waals surface area contributed by atoms with Gasteiger partial charge in [0.1, 0.15) is 5.54 Å². The number of benzene rings is 1. The number of rotatable bonds is 4. The van der Waals surface area contributed by atoms with Crippen LogP contribution in [0.4, 0.5) is 4.79 Å². The van der Waals surface area contributed by atoms with E-state index in [1.807, 2.05) is 37.3 Å². The summed E-state index contributed by atoms with van der Waals surface area (Å²) in [5.74, 6) is -0.899. The second-order valence-corrected chi connectivity index (χ2v) is 5.57. The van der Waals surface area contributed by atoms with Crippen molar-refractivity contribution in [1.82, 2.24) is 9.80 Å². The van der Waals surface area contributed by atoms with Gasteiger partial charge in [-0.1, -0.05) is 37.3 Å². The highest BCUT2D eigenvalue weighted by Crippen LogP contribution is 2.33. The third-order valence-electron chi connectivity index (χ3n) is 4.29. The van der Waals surface area contributed by atoms with Gasteiger partial charge in [0.05, 0.1) is 0 Å². The summed E-state index contributed by atoms with van der Waals surface area (Å²) in [6.07, 6.45) is 1.71. The molecule has 1 aliphatic heterocycles. The van der Waals surface area contributed by atoms with Crippen LogP contribution in [-0.4, -0.2) is 46.0 Å². The van der Waals surface area contributed by atoms with E-state index >= 15 is 0 Å². The number of carboxylic acids is 1. The molecule has 0 radical (unpaired) electrons. The number of urea groups is 1. The average Bonchev–Trinajstić information content (AvgIpc) is 2.92. The highest BCUT2D eigenvalue weighted by Gasteiger charge is 2.49. The van der Waals surface area contributed by atoms with Crippen LogP contribution in [0.2, 0.25) is 0 Å². The Morgan fingerprint density at radius 1 is 1.33 bits per heavy atom. The molecule has 1 aromatic rings. The Labute approximate surface area is 125 Å². The first-order valence-corrected chi connectivity index (χ1v) is 7.31. The number of aliphatic carboxylic acids is 1. The molecular formula is C16H22N2O3. The number of amides is 2. The van der Waals surface area contributed by atoms with Crippen molar-refractivity contribution in [1.29, 1.82) is 0 Å². The Balaban J connectivity index is 2.13. The monoisotopic (exact) mass is 290 g/mol. The number of carboxylic acid groups (broad SMARTS) is 1. The number of carbonyl (C=O) groups is 2. The standard InChI is InChI=1S/C16H22N2O3/c1-3-16(14(19)20)10-7-11-18(16)15(21)17(2)12-13-8-5-4-6-9-13/h4-6,8-9H,3,7,10-12H2,1-2H3,(H,19,20). The van der Waals surface area contributed by atoms with Crippen LogP contribution in [0.1, 0.15) is 31.7 Å². The Bertz CT molecular complexity index is 518. The molecule has 2 amide bonds. The summed E-state index contributed by atoms with van der Waals surface area (Å²) >= 11 is 0. The van der Waals surface area contributed by atoms with Crippen LogP contribution in [0, 0.1) is 0 Å². The van der Waals surface area contributed by atoms with Crippen molar-refractivity contribution >= 4 is 12.0 Å². The lowest BCUT2D eigenvalue weighted by molar-refractivity contribution is -0.148. The maximum absolute atomic E-state index is 12.6. The van der Waals surface area contributed by atoms with Crippen LogP contribution >= 0.6 is 0 Å². The van der Waals surface area contributed by atoms with Crippen LogP contribution in [-0.2, 0) is 11.3 Å². The van der Waals surface area contributed by atoms with Gasteiger partial charge in [-0.3, -0.25) is 0 Å². The summed E-state index contributed by atoms with van der Waals surface area (Å²) < 4.78 is 0. The van der Waals surface area contributed by atoms with E-state index in [0.717, 1.165) is 12.0 Å². The highest BCUT2D eigenvalue weighted by molar-refractivity contribution is 5.87. The zero-order chi connectivity index (χ0) is 15.5. The number of hydrogen-bond donors (Lipinski definition) is 1. The molecule has 1 heterocycles. The lowest BCUT2D eigenvalue weighted by atomic mass is 9.93. The summed E-state index contributed by atoms with van der Waals surface area (Å²) in [7, 11) is 1.72. The summed E-state index contributed by atoms with van der Waals surface area (Å²) in [6.45, 7) is 2.82. The minimum atomic E-state index is -1.04. The van der Waals surface area contributed by atoms with Crippen LogP contribution in [0.5, 0.6) is 0 Å². The molecular weight excluding hydrogens is 268 g/mol. The van der Waals surface area contributed by atoms with E-state index in [-0.39, 0.29) is 6.03 Å². The van der Waals surface area contributed by atoms with E-state index in [9.17, 15) is 14.7 Å². The predicted octanol–water partition coefficient (Wildman–Crippen LogP) is 2.57. The van der Waals surface area contributed by atoms with Gasteiger partial charge >= 0.3 is 12.0 Å². The van der Waals surface area contributed by atoms with Gasteiger partial charge in [-0.15, -0.1) is 0 Å². The molecule has 1 fully saturated rings. The van der Waals surface area contributed by atoms with Gasteiger partial charge in [-0.25, -0.2) is 9.59 Å². The van der Waals surface area contributed by atoms with E-state index in [2.05, 4.69) is 0 Å². The molecule has 1 saturated heterocycles. The van der Waals surface area contributed by atoms with Crippen molar-refractivity contribution in [2.45, 2.75) is 38.3 Å². The van der Waals surface area contributed by atoms with Crippen LogP contribution < -0.4 is 0 Å². The summed E-state index contributed by atoms with van der Waals surface area (Å²) in [5.41, 5.74) is -0.00727. The molecule has 5 nitrogen and oxygen atoms in total. The van der Waals surface area contributed by atoms with Crippen molar-refractivity contribution in [3.63, 3.8) is 0 Å². The van der Waals surface area contributed by atoms with Gasteiger partial charge in [-0.2, -0.15) is 0 Å². The summed E-state index contributed by atoms with van der Waals surface area (Å²) in [4.78, 5) is 27.4. The quantitative estimate of drug-likeness (QED) is 0.927. The first-order valence-electron chi connectivity index (χ1n) is 7.31. The molecule has 5 heteroatoms. The van der Waals surface area contributed by atoms with Gasteiger partial charge < -0.3 is 14.9 Å². The Hall–Kier alpha value is -2.04. The van der Waals surface area contributed by atoms with E-state index in [4.69, 9.17) is 0 Å². The predicted molar refractivity (Wildman–Crippen MR) is 79.9 cm³/mol. The van der Waals surface area contributed by atoms with Crippen molar-refractivity contribution in [3.05, 3.63) is 35.9 Å². The summed E-state index contributed by atoms with van der Waals surface area (Å²) in [6, 6.07) is 9.49. The molecule has 114 valence electrons. The minimum absolute atomic E-state index is 0.208.